The molecule has 0 aliphatic carbocycles. The molecule has 0 aliphatic heterocycles. The minimum atomic E-state index is -0.479. The second kappa shape index (κ2) is 8.49. The molecule has 0 aromatic heterocycles. The van der Waals surface area contributed by atoms with Crippen LogP contribution < -0.4 is 5.32 Å². The van der Waals surface area contributed by atoms with Gasteiger partial charge >= 0.3 is 0 Å². The quantitative estimate of drug-likeness (QED) is 0.838. The number of ether oxygens (including phenoxy) is 1. The lowest BCUT2D eigenvalue weighted by Crippen LogP contribution is -2.36. The van der Waals surface area contributed by atoms with E-state index in [4.69, 9.17) is 4.74 Å². The first kappa shape index (κ1) is 17.2. The number of benzene rings is 2. The lowest BCUT2D eigenvalue weighted by Gasteiger charge is -2.18. The third-order valence-corrected chi connectivity index (χ3v) is 3.96. The zero-order valence-corrected chi connectivity index (χ0v) is 14.1. The van der Waals surface area contributed by atoms with E-state index in [2.05, 4.69) is 36.5 Å². The van der Waals surface area contributed by atoms with Crippen molar-refractivity contribution in [2.24, 2.45) is 0 Å². The average Bonchev–Trinajstić information content (AvgIpc) is 2.60. The van der Waals surface area contributed by atoms with E-state index in [0.717, 1.165) is 17.5 Å². The topological polar surface area (TPSA) is 38.3 Å². The van der Waals surface area contributed by atoms with Crippen molar-refractivity contribution in [2.45, 2.75) is 45.9 Å². The first-order chi connectivity index (χ1) is 11.1. The summed E-state index contributed by atoms with van der Waals surface area (Å²) in [7, 11) is 0. The van der Waals surface area contributed by atoms with Crippen molar-refractivity contribution in [3.63, 3.8) is 0 Å². The summed E-state index contributed by atoms with van der Waals surface area (Å²) in [6.07, 6.45) is 0.540. The van der Waals surface area contributed by atoms with Crippen LogP contribution in [-0.2, 0) is 22.6 Å². The minimum Gasteiger partial charge on any atom is -0.364 e. The van der Waals surface area contributed by atoms with Crippen LogP contribution >= 0.6 is 0 Å². The number of amides is 1. The third-order valence-electron chi connectivity index (χ3n) is 3.96. The average molecular weight is 311 g/mol. The molecule has 0 aliphatic rings. The van der Waals surface area contributed by atoms with Crippen LogP contribution in [0.5, 0.6) is 0 Å². The largest absolute Gasteiger partial charge is 0.364 e. The summed E-state index contributed by atoms with van der Waals surface area (Å²) in [6, 6.07) is 18.2. The van der Waals surface area contributed by atoms with Crippen molar-refractivity contribution in [2.75, 3.05) is 0 Å². The molecule has 2 aromatic rings. The summed E-state index contributed by atoms with van der Waals surface area (Å²) in [5.74, 6) is -0.0898. The number of rotatable bonds is 7. The Morgan fingerprint density at radius 3 is 2.26 bits per heavy atom. The Kier molecular flexibility index (Phi) is 6.36. The van der Waals surface area contributed by atoms with Gasteiger partial charge in [-0.15, -0.1) is 0 Å². The standard InChI is InChI=1S/C20H25NO2/c1-4-17-10-12-19(13-11-17)15(2)21-20(22)16(3)23-14-18-8-6-5-7-9-18/h5-13,15-16H,4,14H2,1-3H3,(H,21,22). The molecule has 0 heterocycles. The first-order valence-corrected chi connectivity index (χ1v) is 8.15. The van der Waals surface area contributed by atoms with Gasteiger partial charge in [0.1, 0.15) is 6.10 Å². The Balaban J connectivity index is 1.84. The van der Waals surface area contributed by atoms with Crippen LogP contribution in [0.3, 0.4) is 0 Å². The van der Waals surface area contributed by atoms with Gasteiger partial charge < -0.3 is 10.1 Å². The molecule has 3 heteroatoms. The van der Waals surface area contributed by atoms with E-state index in [1.54, 1.807) is 6.92 Å². The molecule has 2 rings (SSSR count). The van der Waals surface area contributed by atoms with E-state index in [-0.39, 0.29) is 11.9 Å². The van der Waals surface area contributed by atoms with Gasteiger partial charge in [-0.2, -0.15) is 0 Å². The van der Waals surface area contributed by atoms with E-state index < -0.39 is 6.10 Å². The molecular weight excluding hydrogens is 286 g/mol. The van der Waals surface area contributed by atoms with Crippen LogP contribution in [0.25, 0.3) is 0 Å². The Labute approximate surface area is 138 Å². The molecule has 0 radical (unpaired) electrons. The third kappa shape index (κ3) is 5.22. The molecule has 1 amide bonds. The van der Waals surface area contributed by atoms with Gasteiger partial charge in [-0.1, -0.05) is 61.5 Å². The Bertz CT molecular complexity index is 607. The van der Waals surface area contributed by atoms with Crippen LogP contribution in [-0.4, -0.2) is 12.0 Å². The van der Waals surface area contributed by atoms with Crippen molar-refractivity contribution in [1.82, 2.24) is 5.32 Å². The van der Waals surface area contributed by atoms with E-state index >= 15 is 0 Å². The first-order valence-electron chi connectivity index (χ1n) is 8.15. The van der Waals surface area contributed by atoms with Gasteiger partial charge in [0.15, 0.2) is 0 Å². The summed E-state index contributed by atoms with van der Waals surface area (Å²) in [4.78, 5) is 12.2. The van der Waals surface area contributed by atoms with E-state index in [0.29, 0.717) is 6.61 Å². The van der Waals surface area contributed by atoms with Crippen LogP contribution in [0.15, 0.2) is 54.6 Å². The van der Waals surface area contributed by atoms with Crippen LogP contribution in [0.4, 0.5) is 0 Å². The Morgan fingerprint density at radius 1 is 1.00 bits per heavy atom. The van der Waals surface area contributed by atoms with Crippen molar-refractivity contribution in [3.8, 4) is 0 Å². The molecule has 2 aromatic carbocycles. The molecule has 0 saturated carbocycles. The summed E-state index contributed by atoms with van der Waals surface area (Å²) in [6.45, 7) is 6.34. The highest BCUT2D eigenvalue weighted by Crippen LogP contribution is 2.14. The molecule has 23 heavy (non-hydrogen) atoms. The number of carbonyl (C=O) groups is 1. The highest BCUT2D eigenvalue weighted by Gasteiger charge is 2.16. The summed E-state index contributed by atoms with van der Waals surface area (Å²) < 4.78 is 5.65. The lowest BCUT2D eigenvalue weighted by molar-refractivity contribution is -0.133. The maximum Gasteiger partial charge on any atom is 0.249 e. The van der Waals surface area contributed by atoms with Crippen LogP contribution in [0.2, 0.25) is 0 Å². The van der Waals surface area contributed by atoms with Gasteiger partial charge in [-0.3, -0.25) is 4.79 Å². The number of nitrogens with one attached hydrogen (secondary N) is 1. The molecule has 2 unspecified atom stereocenters. The molecule has 0 spiro atoms. The molecule has 0 bridgehead atoms. The predicted octanol–water partition coefficient (Wildman–Crippen LogP) is 4.03. The second-order valence-corrected chi connectivity index (χ2v) is 5.76. The highest BCUT2D eigenvalue weighted by atomic mass is 16.5. The fraction of sp³-hybridized carbons (Fsp3) is 0.350. The maximum absolute atomic E-state index is 12.2. The Hall–Kier alpha value is -2.13. The maximum atomic E-state index is 12.2. The van der Waals surface area contributed by atoms with Crippen molar-refractivity contribution >= 4 is 5.91 Å². The number of aryl methyl sites for hydroxylation is 1. The zero-order chi connectivity index (χ0) is 16.7. The Morgan fingerprint density at radius 2 is 1.65 bits per heavy atom. The van der Waals surface area contributed by atoms with Gasteiger partial charge in [0.05, 0.1) is 12.6 Å². The van der Waals surface area contributed by atoms with Gasteiger partial charge in [0.2, 0.25) is 5.91 Å². The van der Waals surface area contributed by atoms with Crippen molar-refractivity contribution < 1.29 is 9.53 Å². The lowest BCUT2D eigenvalue weighted by atomic mass is 10.0. The molecular formula is C20H25NO2. The normalized spacial score (nSPS) is 13.3. The number of carbonyl (C=O) groups excluding carboxylic acids is 1. The summed E-state index contributed by atoms with van der Waals surface area (Å²) in [5, 5.41) is 3.01. The predicted molar refractivity (Wildman–Crippen MR) is 93.1 cm³/mol. The van der Waals surface area contributed by atoms with E-state index in [1.807, 2.05) is 37.3 Å². The van der Waals surface area contributed by atoms with Gasteiger partial charge in [-0.05, 0) is 37.0 Å². The van der Waals surface area contributed by atoms with E-state index in [9.17, 15) is 4.79 Å². The van der Waals surface area contributed by atoms with Gasteiger partial charge in [-0.25, -0.2) is 0 Å². The SMILES string of the molecule is CCc1ccc(C(C)NC(=O)C(C)OCc2ccccc2)cc1. The monoisotopic (exact) mass is 311 g/mol. The van der Waals surface area contributed by atoms with Crippen LogP contribution in [0.1, 0.15) is 43.5 Å². The smallest absolute Gasteiger partial charge is 0.249 e. The van der Waals surface area contributed by atoms with Crippen LogP contribution in [0, 0.1) is 0 Å². The van der Waals surface area contributed by atoms with Crippen molar-refractivity contribution in [1.29, 1.82) is 0 Å². The molecule has 3 nitrogen and oxygen atoms in total. The molecule has 0 fully saturated rings. The number of hydrogen-bond donors (Lipinski definition) is 1. The minimum absolute atomic E-state index is 0.0313. The van der Waals surface area contributed by atoms with Crippen molar-refractivity contribution in [3.05, 3.63) is 71.3 Å². The van der Waals surface area contributed by atoms with E-state index in [1.165, 1.54) is 5.56 Å². The summed E-state index contributed by atoms with van der Waals surface area (Å²) in [5.41, 5.74) is 3.47. The van der Waals surface area contributed by atoms with Gasteiger partial charge in [0, 0.05) is 0 Å². The molecule has 0 saturated heterocycles. The second-order valence-electron chi connectivity index (χ2n) is 5.76. The summed E-state index contributed by atoms with van der Waals surface area (Å²) >= 11 is 0. The zero-order valence-electron chi connectivity index (χ0n) is 14.1. The fourth-order valence-electron chi connectivity index (χ4n) is 2.33. The fourth-order valence-corrected chi connectivity index (χ4v) is 2.33. The molecule has 122 valence electrons. The molecule has 2 atom stereocenters. The number of hydrogen-bond acceptors (Lipinski definition) is 2. The van der Waals surface area contributed by atoms with Gasteiger partial charge in [0.25, 0.3) is 0 Å². The highest BCUT2D eigenvalue weighted by molar-refractivity contribution is 5.80. The molecule has 1 N–H and O–H groups in total.